The lowest BCUT2D eigenvalue weighted by atomic mass is 9.89. The summed E-state index contributed by atoms with van der Waals surface area (Å²) < 4.78 is 5.64. The summed E-state index contributed by atoms with van der Waals surface area (Å²) in [7, 11) is 0. The minimum atomic E-state index is -1.42. The SMILES string of the molecule is Nc1ccc([C@@H]2O[C@H](CO)[C@@H](O)[C@H](O)[C@H]2O)cc1Cc1ccc(C2(O)CC2)cc1. The van der Waals surface area contributed by atoms with Crippen molar-refractivity contribution in [1.82, 2.24) is 0 Å². The molecule has 1 aliphatic carbocycles. The maximum atomic E-state index is 10.4. The molecule has 2 aromatic carbocycles. The minimum Gasteiger partial charge on any atom is -0.398 e. The van der Waals surface area contributed by atoms with Gasteiger partial charge in [0, 0.05) is 5.69 Å². The lowest BCUT2D eigenvalue weighted by Gasteiger charge is -2.40. The van der Waals surface area contributed by atoms with Crippen molar-refractivity contribution >= 4 is 5.69 Å². The van der Waals surface area contributed by atoms with E-state index >= 15 is 0 Å². The largest absolute Gasteiger partial charge is 0.398 e. The Morgan fingerprint density at radius 2 is 1.66 bits per heavy atom. The molecular weight excluding hydrogens is 374 g/mol. The van der Waals surface area contributed by atoms with E-state index in [0.29, 0.717) is 17.7 Å². The van der Waals surface area contributed by atoms with E-state index in [1.54, 1.807) is 12.1 Å². The van der Waals surface area contributed by atoms with Gasteiger partial charge in [-0.15, -0.1) is 0 Å². The number of nitrogens with two attached hydrogens (primary N) is 1. The summed E-state index contributed by atoms with van der Waals surface area (Å²) in [4.78, 5) is 0. The lowest BCUT2D eigenvalue weighted by Crippen LogP contribution is -2.55. The zero-order chi connectivity index (χ0) is 20.8. The van der Waals surface area contributed by atoms with Crippen molar-refractivity contribution < 1.29 is 30.3 Å². The number of ether oxygens (including phenoxy) is 1. The molecule has 7 N–H and O–H groups in total. The maximum absolute atomic E-state index is 10.4. The van der Waals surface area contributed by atoms with Gasteiger partial charge in [-0.3, -0.25) is 0 Å². The molecule has 5 atom stereocenters. The smallest absolute Gasteiger partial charge is 0.113 e. The second-order valence-electron chi connectivity index (χ2n) is 8.11. The molecule has 156 valence electrons. The fourth-order valence-electron chi connectivity index (χ4n) is 3.89. The first-order valence-electron chi connectivity index (χ1n) is 9.83. The third kappa shape index (κ3) is 3.90. The molecule has 0 bridgehead atoms. The van der Waals surface area contributed by atoms with Crippen molar-refractivity contribution in [3.63, 3.8) is 0 Å². The van der Waals surface area contributed by atoms with Crippen molar-refractivity contribution in [3.05, 3.63) is 64.7 Å². The Labute approximate surface area is 169 Å². The van der Waals surface area contributed by atoms with E-state index in [1.807, 2.05) is 30.3 Å². The van der Waals surface area contributed by atoms with Crippen LogP contribution in [0.25, 0.3) is 0 Å². The molecule has 2 aromatic rings. The molecule has 0 radical (unpaired) electrons. The highest BCUT2D eigenvalue weighted by atomic mass is 16.5. The maximum Gasteiger partial charge on any atom is 0.113 e. The van der Waals surface area contributed by atoms with Gasteiger partial charge < -0.3 is 36.0 Å². The molecule has 0 aromatic heterocycles. The van der Waals surface area contributed by atoms with Crippen LogP contribution < -0.4 is 5.73 Å². The predicted octanol–water partition coefficient (Wildman–Crippen LogP) is 0.356. The summed E-state index contributed by atoms with van der Waals surface area (Å²) in [6.07, 6.45) is -3.86. The lowest BCUT2D eigenvalue weighted by molar-refractivity contribution is -0.231. The summed E-state index contributed by atoms with van der Waals surface area (Å²) in [5, 5.41) is 50.0. The van der Waals surface area contributed by atoms with Crippen LogP contribution in [0.2, 0.25) is 0 Å². The molecular formula is C22H27NO6. The number of nitrogen functional groups attached to an aromatic ring is 1. The van der Waals surface area contributed by atoms with Crippen molar-refractivity contribution in [3.8, 4) is 0 Å². The highest BCUT2D eigenvalue weighted by molar-refractivity contribution is 5.51. The van der Waals surface area contributed by atoms with E-state index in [4.69, 9.17) is 10.5 Å². The number of hydrogen-bond donors (Lipinski definition) is 6. The molecule has 1 heterocycles. The Morgan fingerprint density at radius 3 is 2.28 bits per heavy atom. The Bertz CT molecular complexity index is 864. The topological polar surface area (TPSA) is 136 Å². The van der Waals surface area contributed by atoms with Gasteiger partial charge in [-0.05, 0) is 47.6 Å². The van der Waals surface area contributed by atoms with Gasteiger partial charge in [0.25, 0.3) is 0 Å². The molecule has 0 unspecified atom stereocenters. The summed E-state index contributed by atoms with van der Waals surface area (Å²) in [6, 6.07) is 13.0. The van der Waals surface area contributed by atoms with Crippen LogP contribution in [0, 0.1) is 0 Å². The van der Waals surface area contributed by atoms with E-state index in [0.717, 1.165) is 29.5 Å². The molecule has 1 saturated carbocycles. The number of anilines is 1. The van der Waals surface area contributed by atoms with Gasteiger partial charge >= 0.3 is 0 Å². The molecule has 0 spiro atoms. The summed E-state index contributed by atoms with van der Waals surface area (Å²) in [5.74, 6) is 0. The first-order valence-corrected chi connectivity index (χ1v) is 9.83. The van der Waals surface area contributed by atoms with E-state index < -0.39 is 42.7 Å². The van der Waals surface area contributed by atoms with Crippen molar-refractivity contribution in [1.29, 1.82) is 0 Å². The highest BCUT2D eigenvalue weighted by Gasteiger charge is 2.44. The van der Waals surface area contributed by atoms with Crippen molar-refractivity contribution in [2.24, 2.45) is 0 Å². The van der Waals surface area contributed by atoms with Gasteiger partial charge in [-0.2, -0.15) is 0 Å². The van der Waals surface area contributed by atoms with Crippen LogP contribution in [0.3, 0.4) is 0 Å². The average Bonchev–Trinajstić information content (AvgIpc) is 3.47. The van der Waals surface area contributed by atoms with Crippen LogP contribution in [0.5, 0.6) is 0 Å². The Morgan fingerprint density at radius 1 is 0.966 bits per heavy atom. The second-order valence-corrected chi connectivity index (χ2v) is 8.11. The quantitative estimate of drug-likeness (QED) is 0.398. The van der Waals surface area contributed by atoms with Crippen LogP contribution in [0.15, 0.2) is 42.5 Å². The molecule has 0 amide bonds. The Kier molecular flexibility index (Phi) is 5.37. The normalized spacial score (nSPS) is 30.9. The first kappa shape index (κ1) is 20.3. The zero-order valence-electron chi connectivity index (χ0n) is 16.0. The Hall–Kier alpha value is -2.00. The summed E-state index contributed by atoms with van der Waals surface area (Å²) >= 11 is 0. The van der Waals surface area contributed by atoms with E-state index in [9.17, 15) is 25.5 Å². The van der Waals surface area contributed by atoms with Gasteiger partial charge in [-0.25, -0.2) is 0 Å². The molecule has 7 nitrogen and oxygen atoms in total. The number of aliphatic hydroxyl groups excluding tert-OH is 4. The monoisotopic (exact) mass is 401 g/mol. The highest BCUT2D eigenvalue weighted by Crippen LogP contribution is 2.45. The van der Waals surface area contributed by atoms with E-state index in [1.165, 1.54) is 0 Å². The van der Waals surface area contributed by atoms with Crippen molar-refractivity contribution in [2.75, 3.05) is 12.3 Å². The third-order valence-electron chi connectivity index (χ3n) is 6.00. The van der Waals surface area contributed by atoms with Gasteiger partial charge in [0.15, 0.2) is 0 Å². The van der Waals surface area contributed by atoms with Gasteiger partial charge in [0.05, 0.1) is 12.2 Å². The zero-order valence-corrected chi connectivity index (χ0v) is 16.0. The van der Waals surface area contributed by atoms with Crippen LogP contribution >= 0.6 is 0 Å². The molecule has 2 aliphatic rings. The molecule has 29 heavy (non-hydrogen) atoms. The second kappa shape index (κ2) is 7.68. The molecule has 7 heteroatoms. The average molecular weight is 401 g/mol. The van der Waals surface area contributed by atoms with Crippen LogP contribution in [-0.4, -0.2) is 56.6 Å². The molecule has 4 rings (SSSR count). The summed E-state index contributed by atoms with van der Waals surface area (Å²) in [6.45, 7) is -0.470. The number of aliphatic hydroxyl groups is 5. The first-order chi connectivity index (χ1) is 13.8. The number of benzene rings is 2. The Balaban J connectivity index is 1.56. The van der Waals surface area contributed by atoms with Crippen LogP contribution in [-0.2, 0) is 16.8 Å². The van der Waals surface area contributed by atoms with E-state index in [-0.39, 0.29) is 0 Å². The standard InChI is InChI=1S/C22H27NO6/c23-16-6-3-13(21-20(27)19(26)18(25)17(11-24)29-21)10-14(16)9-12-1-4-15(5-2-12)22(28)7-8-22/h1-6,10,17-21,24-28H,7-9,11,23H2/t17-,18-,19+,20-,21+/m1/s1. The van der Waals surface area contributed by atoms with Gasteiger partial charge in [0.1, 0.15) is 30.5 Å². The van der Waals surface area contributed by atoms with Crippen LogP contribution in [0.4, 0.5) is 5.69 Å². The minimum absolute atomic E-state index is 0.470. The van der Waals surface area contributed by atoms with Crippen molar-refractivity contribution in [2.45, 2.75) is 55.4 Å². The third-order valence-corrected chi connectivity index (χ3v) is 6.00. The van der Waals surface area contributed by atoms with Crippen LogP contribution in [0.1, 0.15) is 41.2 Å². The molecule has 1 aliphatic heterocycles. The fraction of sp³-hybridized carbons (Fsp3) is 0.455. The van der Waals surface area contributed by atoms with E-state index in [2.05, 4.69) is 0 Å². The van der Waals surface area contributed by atoms with Gasteiger partial charge in [0.2, 0.25) is 0 Å². The molecule has 1 saturated heterocycles. The fourth-order valence-corrected chi connectivity index (χ4v) is 3.89. The number of hydrogen-bond acceptors (Lipinski definition) is 7. The summed E-state index contributed by atoms with van der Waals surface area (Å²) in [5.41, 5.74) is 9.44. The van der Waals surface area contributed by atoms with Gasteiger partial charge in [-0.1, -0.05) is 36.4 Å². The predicted molar refractivity (Wildman–Crippen MR) is 106 cm³/mol. The molecule has 2 fully saturated rings. The number of rotatable bonds is 5.